The van der Waals surface area contributed by atoms with Crippen molar-refractivity contribution in [1.29, 1.82) is 0 Å². The molecule has 1 N–H and O–H groups in total. The van der Waals surface area contributed by atoms with E-state index in [0.29, 0.717) is 18.0 Å². The summed E-state index contributed by atoms with van der Waals surface area (Å²) in [6, 6.07) is 3.45. The van der Waals surface area contributed by atoms with Crippen molar-refractivity contribution < 1.29 is 17.9 Å². The van der Waals surface area contributed by atoms with Gasteiger partial charge in [0.2, 0.25) is 0 Å². The lowest BCUT2D eigenvalue weighted by Gasteiger charge is -2.25. The standard InChI is InChI=1S/C10H10F3NO/c1-6-5-14-8-4-7(10(11,12)13)2-3-9(8)15-6/h2-4,6,14H,5H2,1H3/t6-/m0/s1. The molecule has 1 aliphatic heterocycles. The van der Waals surface area contributed by atoms with Crippen LogP contribution in [0.15, 0.2) is 18.2 Å². The van der Waals surface area contributed by atoms with Crippen LogP contribution in [0.1, 0.15) is 12.5 Å². The summed E-state index contributed by atoms with van der Waals surface area (Å²) in [5.74, 6) is 0.474. The molecule has 0 fully saturated rings. The number of nitrogens with one attached hydrogen (secondary N) is 1. The zero-order valence-corrected chi connectivity index (χ0v) is 8.06. The van der Waals surface area contributed by atoms with Gasteiger partial charge in [0.05, 0.1) is 17.8 Å². The Morgan fingerprint density at radius 2 is 2.13 bits per heavy atom. The largest absolute Gasteiger partial charge is 0.487 e. The van der Waals surface area contributed by atoms with Gasteiger partial charge in [0.25, 0.3) is 0 Å². The fraction of sp³-hybridized carbons (Fsp3) is 0.400. The molecule has 2 rings (SSSR count). The number of hydrogen-bond donors (Lipinski definition) is 1. The van der Waals surface area contributed by atoms with E-state index in [2.05, 4.69) is 5.32 Å². The number of alkyl halides is 3. The number of halogens is 3. The highest BCUT2D eigenvalue weighted by Crippen LogP contribution is 2.36. The van der Waals surface area contributed by atoms with E-state index < -0.39 is 11.7 Å². The molecule has 0 unspecified atom stereocenters. The Labute approximate surface area is 85.0 Å². The van der Waals surface area contributed by atoms with E-state index in [0.717, 1.165) is 12.1 Å². The summed E-state index contributed by atoms with van der Waals surface area (Å²) in [5.41, 5.74) is -0.255. The van der Waals surface area contributed by atoms with Gasteiger partial charge in [-0.1, -0.05) is 0 Å². The number of ether oxygens (including phenoxy) is 1. The highest BCUT2D eigenvalue weighted by molar-refractivity contribution is 5.59. The van der Waals surface area contributed by atoms with Crippen LogP contribution in [0.2, 0.25) is 0 Å². The first kappa shape index (κ1) is 10.1. The topological polar surface area (TPSA) is 21.3 Å². The molecule has 0 saturated carbocycles. The second-order valence-electron chi connectivity index (χ2n) is 3.52. The monoisotopic (exact) mass is 217 g/mol. The lowest BCUT2D eigenvalue weighted by molar-refractivity contribution is -0.137. The number of rotatable bonds is 0. The molecule has 5 heteroatoms. The van der Waals surface area contributed by atoms with Crippen LogP contribution in [0.3, 0.4) is 0 Å². The van der Waals surface area contributed by atoms with E-state index in [-0.39, 0.29) is 6.10 Å². The van der Waals surface area contributed by atoms with Crippen molar-refractivity contribution in [2.24, 2.45) is 0 Å². The third kappa shape index (κ3) is 2.00. The van der Waals surface area contributed by atoms with E-state index in [1.54, 1.807) is 0 Å². The molecule has 1 aliphatic rings. The van der Waals surface area contributed by atoms with Gasteiger partial charge in [-0.2, -0.15) is 13.2 Å². The Morgan fingerprint density at radius 3 is 2.80 bits per heavy atom. The van der Waals surface area contributed by atoms with Crippen molar-refractivity contribution >= 4 is 5.69 Å². The Morgan fingerprint density at radius 1 is 1.40 bits per heavy atom. The van der Waals surface area contributed by atoms with E-state index in [9.17, 15) is 13.2 Å². The zero-order valence-electron chi connectivity index (χ0n) is 8.06. The maximum absolute atomic E-state index is 12.4. The van der Waals surface area contributed by atoms with Gasteiger partial charge >= 0.3 is 6.18 Å². The van der Waals surface area contributed by atoms with Crippen molar-refractivity contribution in [2.75, 3.05) is 11.9 Å². The van der Waals surface area contributed by atoms with Gasteiger partial charge in [-0.3, -0.25) is 0 Å². The number of anilines is 1. The minimum absolute atomic E-state index is 0.0192. The lowest BCUT2D eigenvalue weighted by Crippen LogP contribution is -2.27. The fourth-order valence-corrected chi connectivity index (χ4v) is 1.46. The summed E-state index contributed by atoms with van der Waals surface area (Å²) in [6.07, 6.45) is -4.33. The Balaban J connectivity index is 2.35. The normalized spacial score (nSPS) is 20.1. The molecule has 1 atom stereocenters. The maximum atomic E-state index is 12.4. The van der Waals surface area contributed by atoms with Gasteiger partial charge in [-0.15, -0.1) is 0 Å². The molecule has 82 valence electrons. The molecule has 0 spiro atoms. The molecule has 0 radical (unpaired) electrons. The van der Waals surface area contributed by atoms with Gasteiger partial charge < -0.3 is 10.1 Å². The Kier molecular flexibility index (Phi) is 2.25. The lowest BCUT2D eigenvalue weighted by atomic mass is 10.1. The third-order valence-electron chi connectivity index (χ3n) is 2.22. The fourth-order valence-electron chi connectivity index (χ4n) is 1.46. The SMILES string of the molecule is C[C@H]1CNc2cc(C(F)(F)F)ccc2O1. The van der Waals surface area contributed by atoms with Crippen LogP contribution in [0.5, 0.6) is 5.75 Å². The van der Waals surface area contributed by atoms with Gasteiger partial charge in [-0.25, -0.2) is 0 Å². The summed E-state index contributed by atoms with van der Waals surface area (Å²) < 4.78 is 42.5. The van der Waals surface area contributed by atoms with E-state index in [1.165, 1.54) is 6.07 Å². The first-order chi connectivity index (χ1) is 6.97. The first-order valence-corrected chi connectivity index (χ1v) is 4.58. The average Bonchev–Trinajstić information content (AvgIpc) is 2.15. The van der Waals surface area contributed by atoms with Crippen molar-refractivity contribution in [3.05, 3.63) is 23.8 Å². The second-order valence-corrected chi connectivity index (χ2v) is 3.52. The second kappa shape index (κ2) is 3.32. The average molecular weight is 217 g/mol. The molecular formula is C10H10F3NO. The van der Waals surface area contributed by atoms with Crippen LogP contribution in [0, 0.1) is 0 Å². The molecule has 0 bridgehead atoms. The highest BCUT2D eigenvalue weighted by atomic mass is 19.4. The highest BCUT2D eigenvalue weighted by Gasteiger charge is 2.31. The van der Waals surface area contributed by atoms with Crippen LogP contribution in [-0.2, 0) is 6.18 Å². The van der Waals surface area contributed by atoms with Crippen molar-refractivity contribution in [3.63, 3.8) is 0 Å². The van der Waals surface area contributed by atoms with Crippen LogP contribution in [-0.4, -0.2) is 12.6 Å². The molecular weight excluding hydrogens is 207 g/mol. The smallest absolute Gasteiger partial charge is 0.416 e. The van der Waals surface area contributed by atoms with E-state index in [4.69, 9.17) is 4.74 Å². The number of hydrogen-bond acceptors (Lipinski definition) is 2. The number of fused-ring (bicyclic) bond motifs is 1. The van der Waals surface area contributed by atoms with Crippen LogP contribution in [0.4, 0.5) is 18.9 Å². The van der Waals surface area contributed by atoms with E-state index in [1.807, 2.05) is 6.92 Å². The third-order valence-corrected chi connectivity index (χ3v) is 2.22. The van der Waals surface area contributed by atoms with Gasteiger partial charge in [0, 0.05) is 0 Å². The Hall–Kier alpha value is -1.39. The predicted molar refractivity (Wildman–Crippen MR) is 50.0 cm³/mol. The Bertz CT molecular complexity index is 375. The maximum Gasteiger partial charge on any atom is 0.416 e. The first-order valence-electron chi connectivity index (χ1n) is 4.58. The predicted octanol–water partition coefficient (Wildman–Crippen LogP) is 2.90. The quantitative estimate of drug-likeness (QED) is 0.721. The van der Waals surface area contributed by atoms with Gasteiger partial charge in [-0.05, 0) is 25.1 Å². The molecule has 15 heavy (non-hydrogen) atoms. The van der Waals surface area contributed by atoms with Crippen molar-refractivity contribution in [3.8, 4) is 5.75 Å². The summed E-state index contributed by atoms with van der Waals surface area (Å²) in [5, 5.41) is 2.90. The zero-order chi connectivity index (χ0) is 11.1. The molecule has 1 aromatic rings. The molecule has 0 aromatic heterocycles. The summed E-state index contributed by atoms with van der Waals surface area (Å²) in [4.78, 5) is 0. The van der Waals surface area contributed by atoms with Crippen molar-refractivity contribution in [1.82, 2.24) is 0 Å². The van der Waals surface area contributed by atoms with Crippen LogP contribution >= 0.6 is 0 Å². The number of benzene rings is 1. The van der Waals surface area contributed by atoms with Crippen LogP contribution in [0.25, 0.3) is 0 Å². The van der Waals surface area contributed by atoms with Gasteiger partial charge in [0.15, 0.2) is 0 Å². The molecule has 0 saturated heterocycles. The minimum atomic E-state index is -4.31. The van der Waals surface area contributed by atoms with Crippen LogP contribution < -0.4 is 10.1 Å². The minimum Gasteiger partial charge on any atom is -0.487 e. The molecule has 0 aliphatic carbocycles. The molecule has 0 amide bonds. The summed E-state index contributed by atoms with van der Waals surface area (Å²) in [6.45, 7) is 2.38. The molecule has 2 nitrogen and oxygen atoms in total. The van der Waals surface area contributed by atoms with Crippen molar-refractivity contribution in [2.45, 2.75) is 19.2 Å². The molecule has 1 heterocycles. The molecule has 1 aromatic carbocycles. The summed E-state index contributed by atoms with van der Waals surface area (Å²) in [7, 11) is 0. The van der Waals surface area contributed by atoms with E-state index >= 15 is 0 Å². The summed E-state index contributed by atoms with van der Waals surface area (Å²) >= 11 is 0. The van der Waals surface area contributed by atoms with Gasteiger partial charge in [0.1, 0.15) is 11.9 Å².